The topological polar surface area (TPSA) is 28.9 Å². The largest absolute Gasteiger partial charge is 0.454 e. The predicted octanol–water partition coefficient (Wildman–Crippen LogP) is 4.22. The average Bonchev–Trinajstić information content (AvgIpc) is 2.82. The third kappa shape index (κ3) is 1.52. The van der Waals surface area contributed by atoms with Crippen LogP contribution in [-0.4, -0.2) is 4.98 Å². The maximum atomic E-state index is 5.70. The molecule has 3 rings (SSSR count). The van der Waals surface area contributed by atoms with Crippen LogP contribution >= 0.6 is 23.6 Å². The van der Waals surface area contributed by atoms with Gasteiger partial charge >= 0.3 is 0 Å². The Balaban J connectivity index is 2.24. The molecule has 0 atom stereocenters. The second kappa shape index (κ2) is 3.32. The molecule has 2 heterocycles. The highest BCUT2D eigenvalue weighted by molar-refractivity contribution is 7.73. The molecule has 0 unspecified atom stereocenters. The number of fused-ring (bicyclic) bond motifs is 1. The number of aromatic nitrogens is 1. The number of furan rings is 1. The monoisotopic (exact) mass is 233 g/mol. The van der Waals surface area contributed by atoms with Crippen molar-refractivity contribution in [1.29, 1.82) is 0 Å². The predicted molar refractivity (Wildman–Crippen MR) is 64.7 cm³/mol. The maximum Gasteiger partial charge on any atom is 0.158 e. The van der Waals surface area contributed by atoms with Crippen LogP contribution in [0.5, 0.6) is 0 Å². The van der Waals surface area contributed by atoms with Crippen LogP contribution in [0.15, 0.2) is 40.1 Å². The zero-order valence-corrected chi connectivity index (χ0v) is 9.32. The number of hydrogen-bond acceptors (Lipinski definition) is 3. The molecule has 0 saturated carbocycles. The lowest BCUT2D eigenvalue weighted by Crippen LogP contribution is -1.69. The van der Waals surface area contributed by atoms with Crippen LogP contribution in [-0.2, 0) is 0 Å². The summed E-state index contributed by atoms with van der Waals surface area (Å²) in [5.74, 6) is 0.837. The van der Waals surface area contributed by atoms with Gasteiger partial charge in [-0.1, -0.05) is 18.2 Å². The molecule has 0 saturated heterocycles. The third-order valence-corrected chi connectivity index (χ3v) is 3.27. The van der Waals surface area contributed by atoms with E-state index in [1.54, 1.807) is 0 Å². The Morgan fingerprint density at radius 1 is 1.27 bits per heavy atom. The molecule has 0 aliphatic heterocycles. The Labute approximate surface area is 95.2 Å². The van der Waals surface area contributed by atoms with Gasteiger partial charge in [-0.25, -0.2) is 0 Å². The van der Waals surface area contributed by atoms with Gasteiger partial charge in [0.1, 0.15) is 5.58 Å². The second-order valence-electron chi connectivity index (χ2n) is 3.21. The SMILES string of the molecule is S=c1[nH]c(-c2cc3ccccc3o2)cs1. The molecular formula is C11H7NOS2. The first-order valence-corrected chi connectivity index (χ1v) is 5.78. The maximum absolute atomic E-state index is 5.70. The Hall–Kier alpha value is -1.39. The smallest absolute Gasteiger partial charge is 0.158 e. The number of nitrogens with one attached hydrogen (secondary N) is 1. The molecule has 1 aromatic carbocycles. The van der Waals surface area contributed by atoms with Crippen molar-refractivity contribution in [3.05, 3.63) is 39.7 Å². The third-order valence-electron chi connectivity index (χ3n) is 2.21. The Morgan fingerprint density at radius 2 is 2.13 bits per heavy atom. The molecule has 1 N–H and O–H groups in total. The van der Waals surface area contributed by atoms with E-state index < -0.39 is 0 Å². The van der Waals surface area contributed by atoms with Gasteiger partial charge in [-0.15, -0.1) is 11.3 Å². The van der Waals surface area contributed by atoms with Crippen molar-refractivity contribution in [2.75, 3.05) is 0 Å². The van der Waals surface area contributed by atoms with Crippen molar-refractivity contribution in [1.82, 2.24) is 4.98 Å². The van der Waals surface area contributed by atoms with Crippen LogP contribution in [0.4, 0.5) is 0 Å². The Kier molecular flexibility index (Phi) is 1.97. The molecule has 0 spiro atoms. The van der Waals surface area contributed by atoms with Gasteiger partial charge in [-0.05, 0) is 24.4 Å². The van der Waals surface area contributed by atoms with Crippen LogP contribution in [0.25, 0.3) is 22.4 Å². The Morgan fingerprint density at radius 3 is 2.87 bits per heavy atom. The van der Waals surface area contributed by atoms with Crippen molar-refractivity contribution in [2.45, 2.75) is 0 Å². The van der Waals surface area contributed by atoms with E-state index in [0.717, 1.165) is 26.4 Å². The fourth-order valence-corrected chi connectivity index (χ4v) is 2.34. The van der Waals surface area contributed by atoms with Crippen LogP contribution in [0.2, 0.25) is 0 Å². The summed E-state index contributed by atoms with van der Waals surface area (Å²) < 4.78 is 6.47. The van der Waals surface area contributed by atoms with E-state index in [-0.39, 0.29) is 0 Å². The van der Waals surface area contributed by atoms with Gasteiger partial charge in [0, 0.05) is 10.8 Å². The summed E-state index contributed by atoms with van der Waals surface area (Å²) in [5.41, 5.74) is 1.85. The van der Waals surface area contributed by atoms with Gasteiger partial charge in [0.15, 0.2) is 9.71 Å². The normalized spacial score (nSPS) is 10.9. The highest BCUT2D eigenvalue weighted by Gasteiger charge is 2.06. The van der Waals surface area contributed by atoms with E-state index in [1.165, 1.54) is 11.3 Å². The van der Waals surface area contributed by atoms with Crippen molar-refractivity contribution in [3.63, 3.8) is 0 Å². The molecule has 0 aliphatic rings. The first kappa shape index (κ1) is 8.88. The van der Waals surface area contributed by atoms with Crippen LogP contribution in [0.3, 0.4) is 0 Å². The fourth-order valence-electron chi connectivity index (χ4n) is 1.52. The van der Waals surface area contributed by atoms with E-state index >= 15 is 0 Å². The molecule has 2 nitrogen and oxygen atoms in total. The molecule has 0 amide bonds. The average molecular weight is 233 g/mol. The molecule has 2 aromatic heterocycles. The van der Waals surface area contributed by atoms with Gasteiger partial charge in [0.25, 0.3) is 0 Å². The summed E-state index contributed by atoms with van der Waals surface area (Å²) in [5, 5.41) is 3.08. The first-order valence-electron chi connectivity index (χ1n) is 4.50. The number of thiazole rings is 1. The minimum Gasteiger partial charge on any atom is -0.454 e. The lowest BCUT2D eigenvalue weighted by Gasteiger charge is -1.87. The molecule has 4 heteroatoms. The number of H-pyrrole nitrogens is 1. The summed E-state index contributed by atoms with van der Waals surface area (Å²) in [7, 11) is 0. The number of hydrogen-bond donors (Lipinski definition) is 1. The molecule has 0 aliphatic carbocycles. The molecule has 15 heavy (non-hydrogen) atoms. The molecule has 3 aromatic rings. The van der Waals surface area contributed by atoms with E-state index in [2.05, 4.69) is 4.98 Å². The zero-order chi connectivity index (χ0) is 10.3. The molecule has 0 fully saturated rings. The van der Waals surface area contributed by atoms with Crippen molar-refractivity contribution in [2.24, 2.45) is 0 Å². The zero-order valence-electron chi connectivity index (χ0n) is 7.69. The van der Waals surface area contributed by atoms with Gasteiger partial charge < -0.3 is 9.40 Å². The van der Waals surface area contributed by atoms with E-state index in [0.29, 0.717) is 0 Å². The van der Waals surface area contributed by atoms with E-state index in [4.69, 9.17) is 16.6 Å². The summed E-state index contributed by atoms with van der Waals surface area (Å²) in [4.78, 5) is 3.09. The second-order valence-corrected chi connectivity index (χ2v) is 4.76. The quantitative estimate of drug-likeness (QED) is 0.637. The van der Waals surface area contributed by atoms with Crippen LogP contribution in [0, 0.1) is 3.95 Å². The molecule has 74 valence electrons. The van der Waals surface area contributed by atoms with Gasteiger partial charge in [-0.3, -0.25) is 0 Å². The van der Waals surface area contributed by atoms with Crippen molar-refractivity contribution in [3.8, 4) is 11.5 Å². The number of benzene rings is 1. The van der Waals surface area contributed by atoms with Crippen LogP contribution in [0.1, 0.15) is 0 Å². The van der Waals surface area contributed by atoms with Crippen molar-refractivity contribution < 1.29 is 4.42 Å². The summed E-state index contributed by atoms with van der Waals surface area (Å²) in [6.45, 7) is 0. The van der Waals surface area contributed by atoms with Gasteiger partial charge in [0.2, 0.25) is 0 Å². The summed E-state index contributed by atoms with van der Waals surface area (Å²) >= 11 is 6.54. The van der Waals surface area contributed by atoms with Crippen molar-refractivity contribution >= 4 is 34.5 Å². The molecule has 0 radical (unpaired) electrons. The fraction of sp³-hybridized carbons (Fsp3) is 0. The molecule has 0 bridgehead atoms. The minimum atomic E-state index is 0.769. The lowest BCUT2D eigenvalue weighted by atomic mass is 10.2. The van der Waals surface area contributed by atoms with Gasteiger partial charge in [-0.2, -0.15) is 0 Å². The molecular weight excluding hydrogens is 226 g/mol. The minimum absolute atomic E-state index is 0.769. The summed E-state index contributed by atoms with van der Waals surface area (Å²) in [6.07, 6.45) is 0. The highest BCUT2D eigenvalue weighted by Crippen LogP contribution is 2.27. The Bertz CT molecular complexity index is 629. The highest BCUT2D eigenvalue weighted by atomic mass is 32.1. The number of rotatable bonds is 1. The lowest BCUT2D eigenvalue weighted by molar-refractivity contribution is 0.629. The number of para-hydroxylation sites is 1. The first-order chi connectivity index (χ1) is 7.33. The van der Waals surface area contributed by atoms with E-state index in [1.807, 2.05) is 35.7 Å². The van der Waals surface area contributed by atoms with Gasteiger partial charge in [0.05, 0.1) is 5.69 Å². The summed E-state index contributed by atoms with van der Waals surface area (Å²) in [6, 6.07) is 9.97. The number of aromatic amines is 1. The van der Waals surface area contributed by atoms with Crippen LogP contribution < -0.4 is 0 Å². The standard InChI is InChI=1S/C11H7NOS2/c14-11-12-8(6-15-11)10-5-7-3-1-2-4-9(7)13-10/h1-6H,(H,12,14). The van der Waals surface area contributed by atoms with E-state index in [9.17, 15) is 0 Å².